The number of nitrogens with one attached hydrogen (secondary N) is 1. The van der Waals surface area contributed by atoms with Crippen LogP contribution in [0.1, 0.15) is 21.8 Å². The molecule has 0 bridgehead atoms. The fourth-order valence-corrected chi connectivity index (χ4v) is 2.50. The standard InChI is InChI=1S/C19H19N3O4/c1-12-6-4-5-7-14(12)19(23)20-11-17-21-18(22-26-17)13-8-9-15(24-2)16(10-13)25-3/h4-10H,11H2,1-3H3,(H,20,23). The zero-order valence-electron chi connectivity index (χ0n) is 14.8. The van der Waals surface area contributed by atoms with Crippen molar-refractivity contribution in [2.24, 2.45) is 0 Å². The van der Waals surface area contributed by atoms with Gasteiger partial charge in [-0.1, -0.05) is 23.4 Å². The van der Waals surface area contributed by atoms with E-state index in [0.717, 1.165) is 11.1 Å². The highest BCUT2D eigenvalue weighted by atomic mass is 16.5. The van der Waals surface area contributed by atoms with Crippen molar-refractivity contribution >= 4 is 5.91 Å². The highest BCUT2D eigenvalue weighted by Gasteiger charge is 2.14. The van der Waals surface area contributed by atoms with E-state index >= 15 is 0 Å². The van der Waals surface area contributed by atoms with Crippen LogP contribution < -0.4 is 14.8 Å². The van der Waals surface area contributed by atoms with Crippen molar-refractivity contribution in [1.29, 1.82) is 0 Å². The van der Waals surface area contributed by atoms with Crippen LogP contribution in [0.5, 0.6) is 11.5 Å². The number of carbonyl (C=O) groups is 1. The Morgan fingerprint density at radius 3 is 2.62 bits per heavy atom. The number of rotatable bonds is 6. The number of aryl methyl sites for hydroxylation is 1. The number of benzene rings is 2. The third kappa shape index (κ3) is 3.66. The van der Waals surface area contributed by atoms with Gasteiger partial charge in [-0.2, -0.15) is 4.98 Å². The molecule has 0 unspecified atom stereocenters. The van der Waals surface area contributed by atoms with Crippen LogP contribution in [0, 0.1) is 6.92 Å². The van der Waals surface area contributed by atoms with Gasteiger partial charge in [0.25, 0.3) is 5.91 Å². The summed E-state index contributed by atoms with van der Waals surface area (Å²) in [7, 11) is 3.13. The first-order valence-corrected chi connectivity index (χ1v) is 8.01. The molecule has 2 aromatic carbocycles. The number of aromatic nitrogens is 2. The van der Waals surface area contributed by atoms with Crippen molar-refractivity contribution in [3.8, 4) is 22.9 Å². The van der Waals surface area contributed by atoms with E-state index < -0.39 is 0 Å². The smallest absolute Gasteiger partial charge is 0.251 e. The van der Waals surface area contributed by atoms with Crippen molar-refractivity contribution in [2.45, 2.75) is 13.5 Å². The lowest BCUT2D eigenvalue weighted by Gasteiger charge is -2.07. The van der Waals surface area contributed by atoms with Gasteiger partial charge in [0.15, 0.2) is 11.5 Å². The Morgan fingerprint density at radius 2 is 1.88 bits per heavy atom. The third-order valence-corrected chi connectivity index (χ3v) is 3.90. The lowest BCUT2D eigenvalue weighted by Crippen LogP contribution is -2.23. The zero-order valence-corrected chi connectivity index (χ0v) is 14.8. The number of amides is 1. The summed E-state index contributed by atoms with van der Waals surface area (Å²) in [6.45, 7) is 2.03. The van der Waals surface area contributed by atoms with Crippen molar-refractivity contribution in [2.75, 3.05) is 14.2 Å². The Kier molecular flexibility index (Phi) is 5.17. The molecule has 7 heteroatoms. The van der Waals surface area contributed by atoms with Crippen LogP contribution in [0.2, 0.25) is 0 Å². The van der Waals surface area contributed by atoms with E-state index in [1.807, 2.05) is 31.2 Å². The zero-order chi connectivity index (χ0) is 18.5. The van der Waals surface area contributed by atoms with Crippen molar-refractivity contribution in [3.63, 3.8) is 0 Å². The Morgan fingerprint density at radius 1 is 1.12 bits per heavy atom. The van der Waals surface area contributed by atoms with Crippen LogP contribution in [0.4, 0.5) is 0 Å². The molecule has 0 saturated heterocycles. The van der Waals surface area contributed by atoms with E-state index in [1.54, 1.807) is 32.4 Å². The molecule has 0 atom stereocenters. The van der Waals surface area contributed by atoms with Gasteiger partial charge in [0.1, 0.15) is 0 Å². The average molecular weight is 353 g/mol. The van der Waals surface area contributed by atoms with Gasteiger partial charge < -0.3 is 19.3 Å². The molecule has 1 amide bonds. The number of nitrogens with zero attached hydrogens (tertiary/aromatic N) is 2. The summed E-state index contributed by atoms with van der Waals surface area (Å²) in [4.78, 5) is 16.5. The fourth-order valence-electron chi connectivity index (χ4n) is 2.50. The van der Waals surface area contributed by atoms with Crippen molar-refractivity contribution in [3.05, 3.63) is 59.5 Å². The van der Waals surface area contributed by atoms with Crippen LogP contribution in [-0.4, -0.2) is 30.3 Å². The summed E-state index contributed by atoms with van der Waals surface area (Å²) in [5.41, 5.74) is 2.25. The van der Waals surface area contributed by atoms with Gasteiger partial charge in [-0.25, -0.2) is 0 Å². The first-order chi connectivity index (χ1) is 12.6. The Labute approximate surface area is 150 Å². The second-order valence-electron chi connectivity index (χ2n) is 5.58. The summed E-state index contributed by atoms with van der Waals surface area (Å²) in [5, 5.41) is 6.73. The number of hydrogen-bond acceptors (Lipinski definition) is 6. The molecule has 1 N–H and O–H groups in total. The maximum absolute atomic E-state index is 12.2. The van der Waals surface area contributed by atoms with Gasteiger partial charge in [-0.3, -0.25) is 4.79 Å². The normalized spacial score (nSPS) is 10.4. The summed E-state index contributed by atoms with van der Waals surface area (Å²) in [5.74, 6) is 1.73. The van der Waals surface area contributed by atoms with Gasteiger partial charge in [0.2, 0.25) is 11.7 Å². The van der Waals surface area contributed by atoms with E-state index in [9.17, 15) is 4.79 Å². The molecule has 0 spiro atoms. The monoisotopic (exact) mass is 353 g/mol. The van der Waals surface area contributed by atoms with Crippen LogP contribution in [0.25, 0.3) is 11.4 Å². The number of carbonyl (C=O) groups excluding carboxylic acids is 1. The molecule has 1 aromatic heterocycles. The molecule has 0 aliphatic heterocycles. The maximum Gasteiger partial charge on any atom is 0.251 e. The lowest BCUT2D eigenvalue weighted by atomic mass is 10.1. The lowest BCUT2D eigenvalue weighted by molar-refractivity contribution is 0.0945. The minimum atomic E-state index is -0.186. The van der Waals surface area contributed by atoms with E-state index in [-0.39, 0.29) is 12.5 Å². The first-order valence-electron chi connectivity index (χ1n) is 8.01. The molecule has 26 heavy (non-hydrogen) atoms. The molecule has 3 aromatic rings. The second-order valence-corrected chi connectivity index (χ2v) is 5.58. The molecule has 3 rings (SSSR count). The van der Waals surface area contributed by atoms with Crippen molar-refractivity contribution < 1.29 is 18.8 Å². The Hall–Kier alpha value is -3.35. The summed E-state index contributed by atoms with van der Waals surface area (Å²) < 4.78 is 15.7. The molecule has 0 saturated carbocycles. The van der Waals surface area contributed by atoms with Gasteiger partial charge in [0.05, 0.1) is 20.8 Å². The van der Waals surface area contributed by atoms with Gasteiger partial charge in [0, 0.05) is 11.1 Å². The average Bonchev–Trinajstić information content (AvgIpc) is 3.15. The van der Waals surface area contributed by atoms with Gasteiger partial charge in [-0.15, -0.1) is 0 Å². The SMILES string of the molecule is COc1ccc(-c2noc(CNC(=O)c3ccccc3C)n2)cc1OC. The fraction of sp³-hybridized carbons (Fsp3) is 0.211. The minimum absolute atomic E-state index is 0.146. The van der Waals surface area contributed by atoms with Crippen molar-refractivity contribution in [1.82, 2.24) is 15.5 Å². The molecule has 0 aliphatic carbocycles. The van der Waals surface area contributed by atoms with E-state index in [4.69, 9.17) is 14.0 Å². The number of ether oxygens (including phenoxy) is 2. The quantitative estimate of drug-likeness (QED) is 0.733. The Balaban J connectivity index is 1.70. The third-order valence-electron chi connectivity index (χ3n) is 3.90. The van der Waals surface area contributed by atoms with E-state index in [1.165, 1.54) is 0 Å². The van der Waals surface area contributed by atoms with Crippen LogP contribution in [-0.2, 0) is 6.54 Å². The molecule has 0 fully saturated rings. The maximum atomic E-state index is 12.2. The largest absolute Gasteiger partial charge is 0.493 e. The molecular weight excluding hydrogens is 334 g/mol. The number of hydrogen-bond donors (Lipinski definition) is 1. The molecule has 0 aliphatic rings. The highest BCUT2D eigenvalue weighted by molar-refractivity contribution is 5.95. The van der Waals surface area contributed by atoms with Gasteiger partial charge >= 0.3 is 0 Å². The molecule has 134 valence electrons. The van der Waals surface area contributed by atoms with E-state index in [0.29, 0.717) is 28.8 Å². The minimum Gasteiger partial charge on any atom is -0.493 e. The molecule has 0 radical (unpaired) electrons. The van der Waals surface area contributed by atoms with Crippen LogP contribution >= 0.6 is 0 Å². The molecular formula is C19H19N3O4. The predicted octanol–water partition coefficient (Wildman–Crippen LogP) is 2.99. The van der Waals surface area contributed by atoms with Gasteiger partial charge in [-0.05, 0) is 36.8 Å². The summed E-state index contributed by atoms with van der Waals surface area (Å²) in [6.07, 6.45) is 0. The summed E-state index contributed by atoms with van der Waals surface area (Å²) >= 11 is 0. The van der Waals surface area contributed by atoms with Crippen LogP contribution in [0.3, 0.4) is 0 Å². The first kappa shape index (κ1) is 17.5. The molecule has 1 heterocycles. The van der Waals surface area contributed by atoms with E-state index in [2.05, 4.69) is 15.5 Å². The topological polar surface area (TPSA) is 86.5 Å². The Bertz CT molecular complexity index is 921. The highest BCUT2D eigenvalue weighted by Crippen LogP contribution is 2.31. The second kappa shape index (κ2) is 7.69. The molecule has 7 nitrogen and oxygen atoms in total. The predicted molar refractivity (Wildman–Crippen MR) is 95.2 cm³/mol. The van der Waals surface area contributed by atoms with Crippen LogP contribution in [0.15, 0.2) is 47.0 Å². The summed E-state index contributed by atoms with van der Waals surface area (Å²) in [6, 6.07) is 12.7. The number of methoxy groups -OCH3 is 2.